The molecule has 1 saturated heterocycles. The second-order valence-corrected chi connectivity index (χ2v) is 6.43. The third kappa shape index (κ3) is 3.07. The summed E-state index contributed by atoms with van der Waals surface area (Å²) in [7, 11) is 3.41. The molecule has 1 aromatic carbocycles. The summed E-state index contributed by atoms with van der Waals surface area (Å²) in [4.78, 5) is 30.2. The van der Waals surface area contributed by atoms with Crippen LogP contribution < -0.4 is 15.0 Å². The van der Waals surface area contributed by atoms with Crippen molar-refractivity contribution in [3.63, 3.8) is 0 Å². The first kappa shape index (κ1) is 16.3. The van der Waals surface area contributed by atoms with Crippen LogP contribution in [0.2, 0.25) is 0 Å². The molecule has 0 saturated carbocycles. The molecule has 0 unspecified atom stereocenters. The number of amides is 2. The van der Waals surface area contributed by atoms with Gasteiger partial charge in [-0.15, -0.1) is 0 Å². The number of fused-ring (bicyclic) bond motifs is 1. The second kappa shape index (κ2) is 6.52. The summed E-state index contributed by atoms with van der Waals surface area (Å²) in [5, 5.41) is 6.64. The maximum atomic E-state index is 12.1. The fourth-order valence-corrected chi connectivity index (χ4v) is 3.59. The standard InChI is InChI=1S/C15H18N4O4S/c1-9(20)16-7-11-8-19(15(21)23-11)10-4-5-12-13(6-10)24-14(17-22-3)18(12)2/h4-6,11H,7-8H2,1-3H3,(H,16,20)/b17-14+/t11-/m0/s1. The molecular weight excluding hydrogens is 332 g/mol. The fourth-order valence-electron chi connectivity index (χ4n) is 2.55. The van der Waals surface area contributed by atoms with E-state index in [9.17, 15) is 9.59 Å². The van der Waals surface area contributed by atoms with Crippen LogP contribution in [-0.2, 0) is 21.4 Å². The zero-order valence-corrected chi connectivity index (χ0v) is 14.4. The van der Waals surface area contributed by atoms with Gasteiger partial charge < -0.3 is 19.5 Å². The number of hydrogen-bond donors (Lipinski definition) is 1. The maximum Gasteiger partial charge on any atom is 0.414 e. The van der Waals surface area contributed by atoms with Gasteiger partial charge in [0.15, 0.2) is 0 Å². The number of anilines is 1. The molecule has 0 bridgehead atoms. The van der Waals surface area contributed by atoms with Crippen LogP contribution in [0, 0.1) is 0 Å². The van der Waals surface area contributed by atoms with E-state index in [0.717, 1.165) is 20.7 Å². The number of rotatable bonds is 4. The quantitative estimate of drug-likeness (QED) is 0.839. The molecule has 1 aliphatic rings. The Hall–Kier alpha value is -2.55. The predicted molar refractivity (Wildman–Crippen MR) is 89.7 cm³/mol. The molecule has 9 heteroatoms. The van der Waals surface area contributed by atoms with Gasteiger partial charge in [-0.2, -0.15) is 0 Å². The summed E-state index contributed by atoms with van der Waals surface area (Å²) >= 11 is 1.47. The molecule has 1 aromatic heterocycles. The Morgan fingerprint density at radius 1 is 1.54 bits per heavy atom. The summed E-state index contributed by atoms with van der Waals surface area (Å²) in [5.74, 6) is -0.147. The van der Waals surface area contributed by atoms with Gasteiger partial charge in [0.25, 0.3) is 0 Å². The predicted octanol–water partition coefficient (Wildman–Crippen LogP) is 1.16. The van der Waals surface area contributed by atoms with Crippen LogP contribution in [0.4, 0.5) is 10.5 Å². The number of aromatic nitrogens is 1. The van der Waals surface area contributed by atoms with E-state index in [1.807, 2.05) is 29.8 Å². The molecule has 3 rings (SSSR count). The zero-order chi connectivity index (χ0) is 17.3. The highest BCUT2D eigenvalue weighted by Crippen LogP contribution is 2.27. The van der Waals surface area contributed by atoms with E-state index in [4.69, 9.17) is 9.57 Å². The summed E-state index contributed by atoms with van der Waals surface area (Å²) in [6, 6.07) is 5.73. The van der Waals surface area contributed by atoms with Crippen molar-refractivity contribution in [2.45, 2.75) is 13.0 Å². The van der Waals surface area contributed by atoms with Crippen molar-refractivity contribution in [2.75, 3.05) is 25.1 Å². The highest BCUT2D eigenvalue weighted by Gasteiger charge is 2.32. The van der Waals surface area contributed by atoms with E-state index in [1.54, 1.807) is 4.90 Å². The Bertz CT molecular complexity index is 857. The third-order valence-electron chi connectivity index (χ3n) is 3.73. The van der Waals surface area contributed by atoms with Crippen LogP contribution in [0.25, 0.3) is 10.2 Å². The van der Waals surface area contributed by atoms with E-state index in [0.29, 0.717) is 13.1 Å². The van der Waals surface area contributed by atoms with Gasteiger partial charge in [-0.3, -0.25) is 9.69 Å². The topological polar surface area (TPSA) is 85.2 Å². The first-order chi connectivity index (χ1) is 11.5. The summed E-state index contributed by atoms with van der Waals surface area (Å²) in [6.45, 7) is 2.14. The van der Waals surface area contributed by atoms with Crippen molar-refractivity contribution in [3.05, 3.63) is 23.0 Å². The van der Waals surface area contributed by atoms with Crippen molar-refractivity contribution in [1.82, 2.24) is 9.88 Å². The fraction of sp³-hybridized carbons (Fsp3) is 0.400. The third-order valence-corrected chi connectivity index (χ3v) is 4.80. The van der Waals surface area contributed by atoms with Crippen molar-refractivity contribution in [1.29, 1.82) is 0 Å². The average Bonchev–Trinajstić information content (AvgIpc) is 3.06. The lowest BCUT2D eigenvalue weighted by Gasteiger charge is -2.13. The van der Waals surface area contributed by atoms with Crippen molar-refractivity contribution in [2.24, 2.45) is 12.2 Å². The molecule has 0 spiro atoms. The number of ether oxygens (including phenoxy) is 1. The Morgan fingerprint density at radius 2 is 2.33 bits per heavy atom. The van der Waals surface area contributed by atoms with Crippen molar-refractivity contribution in [3.8, 4) is 0 Å². The number of nitrogens with zero attached hydrogens (tertiary/aromatic N) is 3. The number of aryl methyl sites for hydroxylation is 1. The van der Waals surface area contributed by atoms with Crippen LogP contribution in [0.15, 0.2) is 23.4 Å². The molecule has 2 amide bonds. The molecule has 2 heterocycles. The largest absolute Gasteiger partial charge is 0.442 e. The lowest BCUT2D eigenvalue weighted by atomic mass is 10.2. The summed E-state index contributed by atoms with van der Waals surface area (Å²) in [6.07, 6.45) is -0.761. The van der Waals surface area contributed by atoms with E-state index in [1.165, 1.54) is 25.4 Å². The lowest BCUT2D eigenvalue weighted by Crippen LogP contribution is -2.33. The molecule has 1 aliphatic heterocycles. The zero-order valence-electron chi connectivity index (χ0n) is 13.6. The van der Waals surface area contributed by atoms with Crippen LogP contribution in [-0.4, -0.2) is 42.9 Å². The second-order valence-electron chi connectivity index (χ2n) is 5.42. The maximum absolute atomic E-state index is 12.1. The molecular formula is C15H18N4O4S. The molecule has 0 aliphatic carbocycles. The van der Waals surface area contributed by atoms with Crippen LogP contribution >= 0.6 is 11.3 Å². The number of carbonyl (C=O) groups excluding carboxylic acids is 2. The minimum absolute atomic E-state index is 0.147. The summed E-state index contributed by atoms with van der Waals surface area (Å²) < 4.78 is 8.21. The molecule has 24 heavy (non-hydrogen) atoms. The van der Waals surface area contributed by atoms with Crippen LogP contribution in [0.1, 0.15) is 6.92 Å². The van der Waals surface area contributed by atoms with E-state index >= 15 is 0 Å². The number of cyclic esters (lactones) is 1. The van der Waals surface area contributed by atoms with Gasteiger partial charge in [0, 0.05) is 19.7 Å². The van der Waals surface area contributed by atoms with Crippen molar-refractivity contribution >= 4 is 39.2 Å². The Kier molecular flexibility index (Phi) is 4.43. The van der Waals surface area contributed by atoms with Gasteiger partial charge >= 0.3 is 6.09 Å². The molecule has 1 N–H and O–H groups in total. The Balaban J connectivity index is 1.86. The molecule has 8 nitrogen and oxygen atoms in total. The normalized spacial score (nSPS) is 18.1. The lowest BCUT2D eigenvalue weighted by molar-refractivity contribution is -0.119. The Morgan fingerprint density at radius 3 is 3.04 bits per heavy atom. The minimum Gasteiger partial charge on any atom is -0.442 e. The minimum atomic E-state index is -0.410. The van der Waals surface area contributed by atoms with E-state index < -0.39 is 6.09 Å². The first-order valence-electron chi connectivity index (χ1n) is 7.39. The number of hydrogen-bond acceptors (Lipinski definition) is 6. The van der Waals surface area contributed by atoms with Crippen LogP contribution in [0.3, 0.4) is 0 Å². The van der Waals surface area contributed by atoms with Gasteiger partial charge in [0.05, 0.1) is 23.3 Å². The molecule has 1 fully saturated rings. The monoisotopic (exact) mass is 350 g/mol. The van der Waals surface area contributed by atoms with Gasteiger partial charge in [-0.25, -0.2) is 4.79 Å². The molecule has 2 aromatic rings. The highest BCUT2D eigenvalue weighted by molar-refractivity contribution is 7.16. The van der Waals surface area contributed by atoms with Gasteiger partial charge in [0.1, 0.15) is 13.2 Å². The highest BCUT2D eigenvalue weighted by atomic mass is 32.1. The van der Waals surface area contributed by atoms with E-state index in [-0.39, 0.29) is 12.0 Å². The first-order valence-corrected chi connectivity index (χ1v) is 8.20. The molecule has 1 atom stereocenters. The average molecular weight is 350 g/mol. The van der Waals surface area contributed by atoms with Crippen LogP contribution in [0.5, 0.6) is 0 Å². The van der Waals surface area contributed by atoms with Crippen molar-refractivity contribution < 1.29 is 19.2 Å². The number of nitrogens with one attached hydrogen (secondary N) is 1. The smallest absolute Gasteiger partial charge is 0.414 e. The molecule has 128 valence electrons. The molecule has 0 radical (unpaired) electrons. The SMILES string of the molecule is CO/N=c1/sc2cc(N3C[C@H](CNC(C)=O)OC3=O)ccc2n1C. The number of thiazole rings is 1. The van der Waals surface area contributed by atoms with Gasteiger partial charge in [-0.05, 0) is 18.2 Å². The number of benzene rings is 1. The van der Waals surface area contributed by atoms with Gasteiger partial charge in [-0.1, -0.05) is 16.5 Å². The Labute approximate surface area is 142 Å². The van der Waals surface area contributed by atoms with E-state index in [2.05, 4.69) is 10.5 Å². The summed E-state index contributed by atoms with van der Waals surface area (Å²) in [5.41, 5.74) is 1.76. The van der Waals surface area contributed by atoms with Gasteiger partial charge in [0.2, 0.25) is 10.7 Å². The number of carbonyl (C=O) groups is 2.